The highest BCUT2D eigenvalue weighted by Gasteiger charge is 2.48. The van der Waals surface area contributed by atoms with Crippen molar-refractivity contribution in [3.05, 3.63) is 40.1 Å². The monoisotopic (exact) mass is 387 g/mol. The Bertz CT molecular complexity index is 820. The summed E-state index contributed by atoms with van der Waals surface area (Å²) in [6.45, 7) is 1.12. The number of benzene rings is 1. The van der Waals surface area contributed by atoms with E-state index in [1.807, 2.05) is 0 Å². The van der Waals surface area contributed by atoms with Crippen molar-refractivity contribution in [2.45, 2.75) is 19.2 Å². The molecule has 1 aromatic carbocycles. The van der Waals surface area contributed by atoms with E-state index in [4.69, 9.17) is 4.74 Å². The van der Waals surface area contributed by atoms with Gasteiger partial charge in [0.2, 0.25) is 6.10 Å². The van der Waals surface area contributed by atoms with Crippen LogP contribution in [0.3, 0.4) is 0 Å². The van der Waals surface area contributed by atoms with Crippen LogP contribution in [0.25, 0.3) is 11.1 Å². The fourth-order valence-corrected chi connectivity index (χ4v) is 2.77. The van der Waals surface area contributed by atoms with Gasteiger partial charge in [0.1, 0.15) is 17.2 Å². The molecule has 0 bridgehead atoms. The summed E-state index contributed by atoms with van der Waals surface area (Å²) in [4.78, 5) is 15.2. The number of halogens is 4. The van der Waals surface area contributed by atoms with E-state index in [1.54, 1.807) is 12.1 Å². The molecule has 8 heteroatoms. The molecule has 0 amide bonds. The Labute approximate surface area is 137 Å². The second-order valence-corrected chi connectivity index (χ2v) is 5.94. The number of rotatable bonds is 1. The zero-order valence-electron chi connectivity index (χ0n) is 11.6. The zero-order chi connectivity index (χ0) is 16.9. The largest absolute Gasteiger partial charge is 0.506 e. The summed E-state index contributed by atoms with van der Waals surface area (Å²) < 4.78 is 45.6. The van der Waals surface area contributed by atoms with Crippen LogP contribution in [0, 0.1) is 0 Å². The van der Waals surface area contributed by atoms with Crippen molar-refractivity contribution in [2.75, 3.05) is 0 Å². The van der Waals surface area contributed by atoms with Gasteiger partial charge in [0.15, 0.2) is 5.78 Å². The molecule has 0 saturated heterocycles. The van der Waals surface area contributed by atoms with E-state index >= 15 is 0 Å². The van der Waals surface area contributed by atoms with Gasteiger partial charge in [-0.3, -0.25) is 4.79 Å². The molecular weight excluding hydrogens is 379 g/mol. The number of alkyl halides is 3. The first-order valence-electron chi connectivity index (χ1n) is 6.46. The number of carbonyl (C=O) groups excluding carboxylic acids is 1. The van der Waals surface area contributed by atoms with E-state index in [1.165, 1.54) is 6.07 Å². The van der Waals surface area contributed by atoms with E-state index in [0.717, 1.165) is 13.0 Å². The van der Waals surface area contributed by atoms with Crippen molar-refractivity contribution in [1.29, 1.82) is 0 Å². The minimum Gasteiger partial charge on any atom is -0.506 e. The van der Waals surface area contributed by atoms with Crippen LogP contribution in [0.4, 0.5) is 13.2 Å². The molecule has 1 unspecified atom stereocenters. The number of hydrogen-bond acceptors (Lipinski definition) is 4. The first-order valence-corrected chi connectivity index (χ1v) is 7.26. The maximum atomic E-state index is 13.3. The zero-order valence-corrected chi connectivity index (χ0v) is 13.2. The fraction of sp³-hybridized carbons (Fsp3) is 0.200. The minimum absolute atomic E-state index is 0.0276. The first-order chi connectivity index (χ1) is 10.7. The van der Waals surface area contributed by atoms with E-state index < -0.39 is 35.2 Å². The summed E-state index contributed by atoms with van der Waals surface area (Å²) in [5.41, 5.74) is -0.420. The summed E-state index contributed by atoms with van der Waals surface area (Å²) in [6, 6.07) is 5.63. The second-order valence-electron chi connectivity index (χ2n) is 5.03. The number of aromatic hydroxyl groups is 1. The lowest BCUT2D eigenvalue weighted by molar-refractivity contribution is -0.199. The predicted molar refractivity (Wildman–Crippen MR) is 78.5 cm³/mol. The van der Waals surface area contributed by atoms with E-state index in [2.05, 4.69) is 20.9 Å². The van der Waals surface area contributed by atoms with Crippen molar-refractivity contribution in [3.8, 4) is 22.6 Å². The third-order valence-corrected chi connectivity index (χ3v) is 3.88. The Kier molecular flexibility index (Phi) is 3.59. The molecule has 0 aliphatic carbocycles. The average molecular weight is 388 g/mol. The lowest BCUT2D eigenvalue weighted by Gasteiger charge is -2.29. The maximum Gasteiger partial charge on any atom is 0.431 e. The van der Waals surface area contributed by atoms with Gasteiger partial charge in [0.05, 0.1) is 5.69 Å². The molecule has 2 aromatic rings. The Morgan fingerprint density at radius 2 is 2.00 bits per heavy atom. The standard InChI is InChI=1S/C15H9BrF3NO3/c1-6(21)12-10(22)5-9-8-4-7(16)2-3-11(8)23-14(13(9)20-12)15(17,18)19/h2-5,14,22H,1H3. The molecule has 4 nitrogen and oxygen atoms in total. The molecule has 0 saturated carbocycles. The molecule has 0 spiro atoms. The Morgan fingerprint density at radius 1 is 1.30 bits per heavy atom. The SMILES string of the molecule is CC(=O)c1nc2c(cc1O)-c1cc(Br)ccc1OC2C(F)(F)F. The number of fused-ring (bicyclic) bond motifs is 3. The van der Waals surface area contributed by atoms with Crippen LogP contribution in [-0.2, 0) is 0 Å². The quantitative estimate of drug-likeness (QED) is 0.736. The Morgan fingerprint density at radius 3 is 2.61 bits per heavy atom. The fourth-order valence-electron chi connectivity index (χ4n) is 2.41. The van der Waals surface area contributed by atoms with Gasteiger partial charge in [-0.2, -0.15) is 13.2 Å². The molecule has 0 fully saturated rings. The minimum atomic E-state index is -4.71. The van der Waals surface area contributed by atoms with Crippen LogP contribution in [0.15, 0.2) is 28.7 Å². The number of ether oxygens (including phenoxy) is 1. The van der Waals surface area contributed by atoms with E-state index in [9.17, 15) is 23.1 Å². The second kappa shape index (κ2) is 5.23. The van der Waals surface area contributed by atoms with Gasteiger partial charge < -0.3 is 9.84 Å². The molecule has 0 radical (unpaired) electrons. The number of nitrogens with zero attached hydrogens (tertiary/aromatic N) is 1. The van der Waals surface area contributed by atoms with Gasteiger partial charge in [-0.1, -0.05) is 15.9 Å². The topological polar surface area (TPSA) is 59.4 Å². The third kappa shape index (κ3) is 2.67. The van der Waals surface area contributed by atoms with Gasteiger partial charge in [-0.25, -0.2) is 4.98 Å². The smallest absolute Gasteiger partial charge is 0.431 e. The van der Waals surface area contributed by atoms with Gasteiger partial charge in [0.25, 0.3) is 0 Å². The highest BCUT2D eigenvalue weighted by atomic mass is 79.9. The van der Waals surface area contributed by atoms with Gasteiger partial charge in [0, 0.05) is 22.5 Å². The summed E-state index contributed by atoms with van der Waals surface area (Å²) in [7, 11) is 0. The number of aromatic nitrogens is 1. The molecule has 23 heavy (non-hydrogen) atoms. The first kappa shape index (κ1) is 15.8. The molecule has 1 N–H and O–H groups in total. The maximum absolute atomic E-state index is 13.3. The average Bonchev–Trinajstić information content (AvgIpc) is 2.44. The molecule has 1 atom stereocenters. The van der Waals surface area contributed by atoms with Crippen LogP contribution in [-0.4, -0.2) is 22.1 Å². The summed E-state index contributed by atoms with van der Waals surface area (Å²) >= 11 is 3.24. The van der Waals surface area contributed by atoms with Crippen molar-refractivity contribution < 1.29 is 27.8 Å². The van der Waals surface area contributed by atoms with Crippen LogP contribution in [0.5, 0.6) is 11.5 Å². The number of Topliss-reactive ketones (excluding diaryl/α,β-unsaturated/α-hetero) is 1. The van der Waals surface area contributed by atoms with Crippen LogP contribution >= 0.6 is 15.9 Å². The third-order valence-electron chi connectivity index (χ3n) is 3.39. The molecule has 2 heterocycles. The van der Waals surface area contributed by atoms with Gasteiger partial charge in [-0.15, -0.1) is 0 Å². The molecule has 1 aromatic heterocycles. The molecular formula is C15H9BrF3NO3. The van der Waals surface area contributed by atoms with Gasteiger partial charge >= 0.3 is 6.18 Å². The molecule has 1 aliphatic heterocycles. The van der Waals surface area contributed by atoms with Crippen LogP contribution in [0.1, 0.15) is 29.2 Å². The van der Waals surface area contributed by atoms with Crippen molar-refractivity contribution >= 4 is 21.7 Å². The van der Waals surface area contributed by atoms with Crippen LogP contribution < -0.4 is 4.74 Å². The predicted octanol–water partition coefficient (Wildman–Crippen LogP) is 4.42. The van der Waals surface area contributed by atoms with Crippen molar-refractivity contribution in [1.82, 2.24) is 4.98 Å². The highest BCUT2D eigenvalue weighted by Crippen LogP contribution is 2.49. The Hall–Kier alpha value is -2.09. The van der Waals surface area contributed by atoms with E-state index in [0.29, 0.717) is 10.0 Å². The Balaban J connectivity index is 2.32. The summed E-state index contributed by atoms with van der Waals surface area (Å²) in [6.07, 6.45) is -7.01. The normalized spacial score (nSPS) is 16.3. The highest BCUT2D eigenvalue weighted by molar-refractivity contribution is 9.10. The number of hydrogen-bond donors (Lipinski definition) is 1. The number of carbonyl (C=O) groups is 1. The van der Waals surface area contributed by atoms with Crippen molar-refractivity contribution in [2.24, 2.45) is 0 Å². The summed E-state index contributed by atoms with van der Waals surface area (Å²) in [5, 5.41) is 9.90. The number of pyridine rings is 1. The molecule has 120 valence electrons. The summed E-state index contributed by atoms with van der Waals surface area (Å²) in [5.74, 6) is -1.07. The van der Waals surface area contributed by atoms with E-state index in [-0.39, 0.29) is 11.3 Å². The van der Waals surface area contributed by atoms with Crippen molar-refractivity contribution in [3.63, 3.8) is 0 Å². The van der Waals surface area contributed by atoms with Gasteiger partial charge in [-0.05, 0) is 24.3 Å². The number of ketones is 1. The lowest BCUT2D eigenvalue weighted by atomic mass is 9.95. The lowest BCUT2D eigenvalue weighted by Crippen LogP contribution is -2.30. The van der Waals surface area contributed by atoms with Crippen LogP contribution in [0.2, 0.25) is 0 Å². The molecule has 3 rings (SSSR count). The molecule has 1 aliphatic rings.